The van der Waals surface area contributed by atoms with Gasteiger partial charge >= 0.3 is 0 Å². The lowest BCUT2D eigenvalue weighted by Crippen LogP contribution is -2.50. The van der Waals surface area contributed by atoms with E-state index in [2.05, 4.69) is 5.32 Å². The second kappa shape index (κ2) is 13.3. The Morgan fingerprint density at radius 1 is 0.763 bits per heavy atom. The Morgan fingerprint density at radius 2 is 1.29 bits per heavy atom. The van der Waals surface area contributed by atoms with E-state index in [-0.39, 0.29) is 30.7 Å². The van der Waals surface area contributed by atoms with Crippen molar-refractivity contribution in [2.24, 2.45) is 0 Å². The Bertz CT molecular complexity index is 1270. The third kappa shape index (κ3) is 6.94. The van der Waals surface area contributed by atoms with Crippen molar-refractivity contribution in [2.45, 2.75) is 38.3 Å². The van der Waals surface area contributed by atoms with E-state index in [1.54, 1.807) is 23.1 Å². The van der Waals surface area contributed by atoms with Crippen LogP contribution in [0.2, 0.25) is 0 Å². The average molecular weight is 509 g/mol. The molecule has 4 nitrogen and oxygen atoms in total. The normalized spacial score (nSPS) is 11.7. The van der Waals surface area contributed by atoms with Crippen molar-refractivity contribution >= 4 is 11.8 Å². The molecular formula is C33H33FN2O2. The lowest BCUT2D eigenvalue weighted by atomic mass is 9.87. The van der Waals surface area contributed by atoms with Crippen LogP contribution >= 0.6 is 0 Å². The van der Waals surface area contributed by atoms with Crippen molar-refractivity contribution in [1.82, 2.24) is 10.2 Å². The highest BCUT2D eigenvalue weighted by atomic mass is 19.1. The van der Waals surface area contributed by atoms with Gasteiger partial charge in [-0.2, -0.15) is 0 Å². The summed E-state index contributed by atoms with van der Waals surface area (Å²) in [7, 11) is 0. The molecular weight excluding hydrogens is 475 g/mol. The van der Waals surface area contributed by atoms with E-state index in [1.165, 1.54) is 6.07 Å². The van der Waals surface area contributed by atoms with E-state index in [9.17, 15) is 14.0 Å². The summed E-state index contributed by atoms with van der Waals surface area (Å²) in [6, 6.07) is 35.0. The summed E-state index contributed by atoms with van der Waals surface area (Å²) in [5.74, 6) is -1.07. The Balaban J connectivity index is 1.73. The first kappa shape index (κ1) is 26.8. The predicted octanol–water partition coefficient (Wildman–Crippen LogP) is 6.12. The predicted molar refractivity (Wildman–Crippen MR) is 149 cm³/mol. The van der Waals surface area contributed by atoms with Crippen molar-refractivity contribution in [3.8, 4) is 0 Å². The maximum atomic E-state index is 14.8. The van der Waals surface area contributed by atoms with Crippen LogP contribution in [-0.4, -0.2) is 29.3 Å². The van der Waals surface area contributed by atoms with E-state index in [1.807, 2.05) is 97.9 Å². The molecule has 0 saturated carbocycles. The van der Waals surface area contributed by atoms with Gasteiger partial charge in [0.1, 0.15) is 11.9 Å². The van der Waals surface area contributed by atoms with Gasteiger partial charge in [-0.3, -0.25) is 9.59 Å². The largest absolute Gasteiger partial charge is 0.355 e. The van der Waals surface area contributed by atoms with Crippen LogP contribution in [0.3, 0.4) is 0 Å². The zero-order valence-electron chi connectivity index (χ0n) is 21.6. The monoisotopic (exact) mass is 508 g/mol. The maximum absolute atomic E-state index is 14.8. The number of nitrogens with one attached hydrogen (secondary N) is 1. The lowest BCUT2D eigenvalue weighted by molar-refractivity contribution is -0.141. The minimum atomic E-state index is -0.795. The second-order valence-corrected chi connectivity index (χ2v) is 9.29. The number of rotatable bonds is 11. The summed E-state index contributed by atoms with van der Waals surface area (Å²) in [5.41, 5.74) is 3.32. The summed E-state index contributed by atoms with van der Waals surface area (Å²) in [5, 5.41) is 2.89. The van der Waals surface area contributed by atoms with Crippen LogP contribution < -0.4 is 5.32 Å². The highest BCUT2D eigenvalue weighted by Crippen LogP contribution is 2.30. The van der Waals surface area contributed by atoms with Gasteiger partial charge in [0.15, 0.2) is 0 Å². The maximum Gasteiger partial charge on any atom is 0.243 e. The molecule has 4 rings (SSSR count). The van der Waals surface area contributed by atoms with Crippen LogP contribution in [-0.2, 0) is 22.6 Å². The third-order valence-electron chi connectivity index (χ3n) is 6.70. The van der Waals surface area contributed by atoms with Crippen LogP contribution in [0.25, 0.3) is 0 Å². The number of nitrogens with zero attached hydrogens (tertiary/aromatic N) is 1. The number of carbonyl (C=O) groups excluding carboxylic acids is 2. The number of hydrogen-bond acceptors (Lipinski definition) is 2. The van der Waals surface area contributed by atoms with Crippen molar-refractivity contribution in [1.29, 1.82) is 0 Å². The first-order chi connectivity index (χ1) is 18.6. The van der Waals surface area contributed by atoms with Gasteiger partial charge < -0.3 is 10.2 Å². The molecule has 4 aromatic rings. The fourth-order valence-electron chi connectivity index (χ4n) is 4.75. The van der Waals surface area contributed by atoms with Crippen molar-refractivity contribution in [2.75, 3.05) is 6.54 Å². The number of amides is 2. The summed E-state index contributed by atoms with van der Waals surface area (Å²) in [4.78, 5) is 29.1. The van der Waals surface area contributed by atoms with Gasteiger partial charge in [0.2, 0.25) is 11.8 Å². The lowest BCUT2D eigenvalue weighted by Gasteiger charge is -2.33. The van der Waals surface area contributed by atoms with Gasteiger partial charge in [-0.1, -0.05) is 109 Å². The van der Waals surface area contributed by atoms with Gasteiger partial charge in [-0.05, 0) is 29.7 Å². The molecule has 1 N–H and O–H groups in total. The standard InChI is InChI=1S/C33H33FN2O2/c1-2-35-33(38)31(22-25-14-6-3-7-15-25)36(24-28-20-12-13-21-30(28)34)32(37)23-29(26-16-8-4-9-17-26)27-18-10-5-11-19-27/h3-21,29,31H,2,22-24H2,1H3,(H,35,38)/t31-/m1/s1. The molecule has 194 valence electrons. The van der Waals surface area contributed by atoms with Crippen LogP contribution in [0.4, 0.5) is 4.39 Å². The molecule has 38 heavy (non-hydrogen) atoms. The molecule has 0 radical (unpaired) electrons. The number of carbonyl (C=O) groups is 2. The van der Waals surface area contributed by atoms with Gasteiger partial charge in [0.05, 0.1) is 0 Å². The van der Waals surface area contributed by atoms with Crippen molar-refractivity contribution < 1.29 is 14.0 Å². The highest BCUT2D eigenvalue weighted by Gasteiger charge is 2.32. The van der Waals surface area contributed by atoms with E-state index in [4.69, 9.17) is 0 Å². The van der Waals surface area contributed by atoms with Crippen LogP contribution in [0.1, 0.15) is 41.5 Å². The molecule has 0 unspecified atom stereocenters. The zero-order valence-corrected chi connectivity index (χ0v) is 21.6. The van der Waals surface area contributed by atoms with Crippen molar-refractivity contribution in [3.05, 3.63) is 143 Å². The molecule has 0 aliphatic heterocycles. The topological polar surface area (TPSA) is 49.4 Å². The molecule has 5 heteroatoms. The second-order valence-electron chi connectivity index (χ2n) is 9.29. The number of likely N-dealkylation sites (N-methyl/N-ethyl adjacent to an activating group) is 1. The SMILES string of the molecule is CCNC(=O)[C@@H](Cc1ccccc1)N(Cc1ccccc1F)C(=O)CC(c1ccccc1)c1ccccc1. The first-order valence-corrected chi connectivity index (χ1v) is 13.0. The highest BCUT2D eigenvalue weighted by molar-refractivity contribution is 5.88. The summed E-state index contributed by atoms with van der Waals surface area (Å²) >= 11 is 0. The molecule has 4 aromatic carbocycles. The Morgan fingerprint density at radius 3 is 1.84 bits per heavy atom. The van der Waals surface area contributed by atoms with Crippen molar-refractivity contribution in [3.63, 3.8) is 0 Å². The van der Waals surface area contributed by atoms with Gasteiger partial charge in [0, 0.05) is 37.4 Å². The smallest absolute Gasteiger partial charge is 0.243 e. The van der Waals surface area contributed by atoms with E-state index < -0.39 is 11.9 Å². The molecule has 0 aliphatic rings. The van der Waals surface area contributed by atoms with Gasteiger partial charge in [0.25, 0.3) is 0 Å². The Kier molecular flexibility index (Phi) is 9.41. The molecule has 0 aromatic heterocycles. The minimum Gasteiger partial charge on any atom is -0.355 e. The molecule has 0 bridgehead atoms. The molecule has 0 spiro atoms. The van der Waals surface area contributed by atoms with Crippen LogP contribution in [0.5, 0.6) is 0 Å². The summed E-state index contributed by atoms with van der Waals surface area (Å²) in [6.45, 7) is 2.28. The number of halogens is 1. The average Bonchev–Trinajstić information content (AvgIpc) is 2.96. The number of hydrogen-bond donors (Lipinski definition) is 1. The van der Waals surface area contributed by atoms with Gasteiger partial charge in [-0.25, -0.2) is 4.39 Å². The van der Waals surface area contributed by atoms with Crippen LogP contribution in [0.15, 0.2) is 115 Å². The third-order valence-corrected chi connectivity index (χ3v) is 6.70. The van der Waals surface area contributed by atoms with E-state index in [0.717, 1.165) is 16.7 Å². The first-order valence-electron chi connectivity index (χ1n) is 13.0. The van der Waals surface area contributed by atoms with E-state index in [0.29, 0.717) is 18.5 Å². The molecule has 0 aliphatic carbocycles. The van der Waals surface area contributed by atoms with E-state index >= 15 is 0 Å². The summed E-state index contributed by atoms with van der Waals surface area (Å²) in [6.07, 6.45) is 0.474. The fraction of sp³-hybridized carbons (Fsp3) is 0.212. The fourth-order valence-corrected chi connectivity index (χ4v) is 4.75. The summed E-state index contributed by atoms with van der Waals surface area (Å²) < 4.78 is 14.8. The molecule has 2 amide bonds. The molecule has 0 heterocycles. The minimum absolute atomic E-state index is 0.00353. The molecule has 0 saturated heterocycles. The quantitative estimate of drug-likeness (QED) is 0.265. The molecule has 0 fully saturated rings. The zero-order chi connectivity index (χ0) is 26.7. The Labute approximate surface area is 224 Å². The van der Waals surface area contributed by atoms with Gasteiger partial charge in [-0.15, -0.1) is 0 Å². The Hall–Kier alpha value is -4.25. The number of benzene rings is 4. The molecule has 1 atom stereocenters. The van der Waals surface area contributed by atoms with Crippen LogP contribution in [0, 0.1) is 5.82 Å².